The molecule has 0 aliphatic carbocycles. The van der Waals surface area contributed by atoms with E-state index >= 15 is 0 Å². The van der Waals surface area contributed by atoms with E-state index in [0.717, 1.165) is 12.8 Å². The second-order valence-electron chi connectivity index (χ2n) is 4.44. The van der Waals surface area contributed by atoms with Gasteiger partial charge in [0.25, 0.3) is 0 Å². The van der Waals surface area contributed by atoms with Gasteiger partial charge in [0.15, 0.2) is 0 Å². The van der Waals surface area contributed by atoms with Gasteiger partial charge >= 0.3 is 0 Å². The van der Waals surface area contributed by atoms with Crippen molar-refractivity contribution >= 4 is 11.6 Å². The van der Waals surface area contributed by atoms with Gasteiger partial charge in [-0.25, -0.2) is 9.07 Å². The first kappa shape index (κ1) is 14.0. The molecule has 0 fully saturated rings. The van der Waals surface area contributed by atoms with Crippen LogP contribution in [0.2, 0.25) is 5.02 Å². The van der Waals surface area contributed by atoms with Crippen LogP contribution in [0, 0.1) is 5.82 Å². The molecule has 102 valence electrons. The molecular weight excluding hydrogens is 267 g/mol. The van der Waals surface area contributed by atoms with Crippen LogP contribution in [0.1, 0.15) is 37.1 Å². The zero-order valence-corrected chi connectivity index (χ0v) is 11.4. The number of hydrogen-bond donors (Lipinski definition) is 1. The van der Waals surface area contributed by atoms with Gasteiger partial charge in [-0.15, -0.1) is 5.10 Å². The summed E-state index contributed by atoms with van der Waals surface area (Å²) in [5.74, 6) is -0.345. The van der Waals surface area contributed by atoms with Gasteiger partial charge in [-0.1, -0.05) is 36.2 Å². The van der Waals surface area contributed by atoms with Gasteiger partial charge in [-0.05, 0) is 18.6 Å². The topological polar surface area (TPSA) is 56.7 Å². The first-order valence-corrected chi connectivity index (χ1v) is 6.58. The van der Waals surface area contributed by atoms with Gasteiger partial charge in [0.05, 0.1) is 24.5 Å². The average Bonchev–Trinajstić information content (AvgIpc) is 2.83. The van der Waals surface area contributed by atoms with Crippen molar-refractivity contribution in [3.05, 3.63) is 46.5 Å². The molecule has 2 aromatic rings. The van der Waals surface area contributed by atoms with Crippen LogP contribution in [0.3, 0.4) is 0 Å². The van der Waals surface area contributed by atoms with Crippen molar-refractivity contribution in [3.8, 4) is 0 Å². The number of halogens is 2. The van der Waals surface area contributed by atoms with Gasteiger partial charge in [-0.2, -0.15) is 0 Å². The quantitative estimate of drug-likeness (QED) is 0.917. The highest BCUT2D eigenvalue weighted by atomic mass is 35.5. The van der Waals surface area contributed by atoms with Crippen LogP contribution in [0.5, 0.6) is 0 Å². The fourth-order valence-corrected chi connectivity index (χ4v) is 2.09. The fraction of sp³-hybridized carbons (Fsp3) is 0.385. The van der Waals surface area contributed by atoms with E-state index in [9.17, 15) is 4.39 Å². The summed E-state index contributed by atoms with van der Waals surface area (Å²) in [4.78, 5) is 0. The molecule has 0 radical (unpaired) electrons. The van der Waals surface area contributed by atoms with Gasteiger partial charge in [0, 0.05) is 10.6 Å². The van der Waals surface area contributed by atoms with E-state index in [4.69, 9.17) is 17.3 Å². The Kier molecular flexibility index (Phi) is 4.50. The molecule has 0 saturated heterocycles. The van der Waals surface area contributed by atoms with E-state index < -0.39 is 0 Å². The van der Waals surface area contributed by atoms with E-state index in [1.165, 1.54) is 6.07 Å². The average molecular weight is 283 g/mol. The maximum Gasteiger partial charge on any atom is 0.129 e. The first-order valence-electron chi connectivity index (χ1n) is 6.20. The first-order chi connectivity index (χ1) is 9.11. The molecule has 1 atom stereocenters. The van der Waals surface area contributed by atoms with E-state index in [0.29, 0.717) is 16.3 Å². The maximum absolute atomic E-state index is 13.7. The summed E-state index contributed by atoms with van der Waals surface area (Å²) in [7, 11) is 0. The molecule has 19 heavy (non-hydrogen) atoms. The van der Waals surface area contributed by atoms with Crippen LogP contribution in [0.25, 0.3) is 0 Å². The molecule has 0 aliphatic heterocycles. The van der Waals surface area contributed by atoms with Crippen LogP contribution in [-0.4, -0.2) is 15.0 Å². The Labute approximate surface area is 116 Å². The minimum Gasteiger partial charge on any atom is -0.323 e. The normalized spacial score (nSPS) is 12.6. The Morgan fingerprint density at radius 3 is 2.95 bits per heavy atom. The standard InChI is InChI=1S/C13H16ClFN4/c1-2-4-12(16)13-8-19(18-17-13)7-9-10(14)5-3-6-11(9)15/h3,5-6,8,12H,2,4,7,16H2,1H3. The molecule has 1 aromatic carbocycles. The minimum atomic E-state index is -0.345. The fourth-order valence-electron chi connectivity index (χ4n) is 1.86. The molecule has 0 saturated carbocycles. The number of hydrogen-bond acceptors (Lipinski definition) is 3. The van der Waals surface area contributed by atoms with Crippen molar-refractivity contribution in [3.63, 3.8) is 0 Å². The zero-order chi connectivity index (χ0) is 13.8. The smallest absolute Gasteiger partial charge is 0.129 e. The molecular formula is C13H16ClFN4. The van der Waals surface area contributed by atoms with Crippen molar-refractivity contribution in [2.75, 3.05) is 0 Å². The van der Waals surface area contributed by atoms with E-state index in [-0.39, 0.29) is 18.4 Å². The molecule has 0 spiro atoms. The highest BCUT2D eigenvalue weighted by Crippen LogP contribution is 2.20. The van der Waals surface area contributed by atoms with Crippen LogP contribution in [0.15, 0.2) is 24.4 Å². The lowest BCUT2D eigenvalue weighted by Crippen LogP contribution is -2.10. The van der Waals surface area contributed by atoms with E-state index in [1.807, 2.05) is 0 Å². The lowest BCUT2D eigenvalue weighted by molar-refractivity contribution is 0.577. The Morgan fingerprint density at radius 2 is 2.26 bits per heavy atom. The molecule has 1 aromatic heterocycles. The molecule has 4 nitrogen and oxygen atoms in total. The number of benzene rings is 1. The lowest BCUT2D eigenvalue weighted by Gasteiger charge is -2.06. The summed E-state index contributed by atoms with van der Waals surface area (Å²) >= 11 is 5.97. The summed E-state index contributed by atoms with van der Waals surface area (Å²) in [6, 6.07) is 4.47. The van der Waals surface area contributed by atoms with Crippen LogP contribution in [0.4, 0.5) is 4.39 Å². The molecule has 0 aliphatic rings. The maximum atomic E-state index is 13.7. The van der Waals surface area contributed by atoms with Crippen molar-refractivity contribution in [2.24, 2.45) is 5.73 Å². The summed E-state index contributed by atoms with van der Waals surface area (Å²) < 4.78 is 15.2. The van der Waals surface area contributed by atoms with Crippen LogP contribution in [-0.2, 0) is 6.54 Å². The van der Waals surface area contributed by atoms with Crippen molar-refractivity contribution in [1.82, 2.24) is 15.0 Å². The Morgan fingerprint density at radius 1 is 1.47 bits per heavy atom. The van der Waals surface area contributed by atoms with Crippen LogP contribution < -0.4 is 5.73 Å². The molecule has 2 N–H and O–H groups in total. The third-order valence-electron chi connectivity index (χ3n) is 2.92. The lowest BCUT2D eigenvalue weighted by atomic mass is 10.1. The van der Waals surface area contributed by atoms with Crippen molar-refractivity contribution in [1.29, 1.82) is 0 Å². The number of nitrogens with two attached hydrogens (primary N) is 1. The number of aromatic nitrogens is 3. The Bertz CT molecular complexity index is 535. The number of nitrogens with zero attached hydrogens (tertiary/aromatic N) is 3. The largest absolute Gasteiger partial charge is 0.323 e. The van der Waals surface area contributed by atoms with Gasteiger partial charge in [-0.3, -0.25) is 0 Å². The van der Waals surface area contributed by atoms with E-state index in [2.05, 4.69) is 17.2 Å². The number of rotatable bonds is 5. The molecule has 6 heteroatoms. The predicted molar refractivity (Wildman–Crippen MR) is 72.4 cm³/mol. The minimum absolute atomic E-state index is 0.130. The van der Waals surface area contributed by atoms with Gasteiger partial charge in [0.1, 0.15) is 5.82 Å². The predicted octanol–water partition coefficient (Wildman–Crippen LogP) is 2.92. The molecule has 0 amide bonds. The molecule has 0 bridgehead atoms. The van der Waals surface area contributed by atoms with E-state index in [1.54, 1.807) is 23.0 Å². The Balaban J connectivity index is 2.16. The second kappa shape index (κ2) is 6.12. The Hall–Kier alpha value is -1.46. The summed E-state index contributed by atoms with van der Waals surface area (Å²) in [6.07, 6.45) is 3.56. The zero-order valence-electron chi connectivity index (χ0n) is 10.7. The monoisotopic (exact) mass is 282 g/mol. The summed E-state index contributed by atoms with van der Waals surface area (Å²) in [5, 5.41) is 8.36. The van der Waals surface area contributed by atoms with Crippen molar-refractivity contribution in [2.45, 2.75) is 32.4 Å². The summed E-state index contributed by atoms with van der Waals surface area (Å²) in [6.45, 7) is 2.31. The molecule has 1 heterocycles. The third-order valence-corrected chi connectivity index (χ3v) is 3.27. The van der Waals surface area contributed by atoms with Crippen LogP contribution >= 0.6 is 11.6 Å². The van der Waals surface area contributed by atoms with Crippen molar-refractivity contribution < 1.29 is 4.39 Å². The SMILES string of the molecule is CCCC(N)c1cn(Cc2c(F)cccc2Cl)nn1. The van der Waals surface area contributed by atoms with Gasteiger partial charge < -0.3 is 5.73 Å². The highest BCUT2D eigenvalue weighted by Gasteiger charge is 2.12. The highest BCUT2D eigenvalue weighted by molar-refractivity contribution is 6.31. The summed E-state index contributed by atoms with van der Waals surface area (Å²) in [5.41, 5.74) is 7.08. The third kappa shape index (κ3) is 3.30. The van der Waals surface area contributed by atoms with Gasteiger partial charge in [0.2, 0.25) is 0 Å². The second-order valence-corrected chi connectivity index (χ2v) is 4.84. The molecule has 2 rings (SSSR count). The molecule has 1 unspecified atom stereocenters.